The molecule has 2 heterocycles. The van der Waals surface area contributed by atoms with Gasteiger partial charge < -0.3 is 15.3 Å². The number of nitrogens with zero attached hydrogens (tertiary/aromatic N) is 2. The number of aromatic nitrogens is 1. The molecule has 3 rings (SSSR count). The van der Waals surface area contributed by atoms with Gasteiger partial charge in [-0.25, -0.2) is 9.59 Å². The van der Waals surface area contributed by atoms with Gasteiger partial charge in [-0.3, -0.25) is 4.98 Å². The number of amides is 2. The average molecular weight is 331 g/mol. The van der Waals surface area contributed by atoms with Crippen molar-refractivity contribution in [2.24, 2.45) is 5.92 Å². The maximum absolute atomic E-state index is 12.4. The number of pyridine rings is 1. The van der Waals surface area contributed by atoms with Crippen LogP contribution in [0.1, 0.15) is 54.4 Å². The Labute approximate surface area is 142 Å². The highest BCUT2D eigenvalue weighted by Crippen LogP contribution is 2.22. The lowest BCUT2D eigenvalue weighted by Gasteiger charge is -2.26. The zero-order chi connectivity index (χ0) is 16.9. The number of carboxylic acids is 1. The van der Waals surface area contributed by atoms with Gasteiger partial charge in [0, 0.05) is 31.5 Å². The molecule has 1 aromatic rings. The quantitative estimate of drug-likeness (QED) is 0.888. The fraction of sp³-hybridized carbons (Fsp3) is 0.611. The van der Waals surface area contributed by atoms with Crippen LogP contribution in [-0.4, -0.2) is 46.1 Å². The first-order valence-corrected chi connectivity index (χ1v) is 8.84. The number of hydrogen-bond acceptors (Lipinski definition) is 3. The number of hydrogen-bond donors (Lipinski definition) is 2. The van der Waals surface area contributed by atoms with E-state index >= 15 is 0 Å². The SMILES string of the molecule is O=C(O)c1cncc(CC2CCN(C(=O)NC3CCCCC3)C2)c1. The van der Waals surface area contributed by atoms with Crippen molar-refractivity contribution in [3.05, 3.63) is 29.6 Å². The zero-order valence-electron chi connectivity index (χ0n) is 13.9. The lowest BCUT2D eigenvalue weighted by molar-refractivity contribution is 0.0696. The molecule has 0 aromatic carbocycles. The zero-order valence-corrected chi connectivity index (χ0v) is 13.9. The number of rotatable bonds is 4. The molecule has 0 bridgehead atoms. The maximum Gasteiger partial charge on any atom is 0.337 e. The van der Waals surface area contributed by atoms with E-state index in [-0.39, 0.29) is 11.6 Å². The smallest absolute Gasteiger partial charge is 0.337 e. The molecule has 24 heavy (non-hydrogen) atoms. The van der Waals surface area contributed by atoms with Gasteiger partial charge in [-0.1, -0.05) is 19.3 Å². The predicted octanol–water partition coefficient (Wildman–Crippen LogP) is 2.69. The summed E-state index contributed by atoms with van der Waals surface area (Å²) in [7, 11) is 0. The van der Waals surface area contributed by atoms with E-state index in [0.717, 1.165) is 44.3 Å². The Kier molecular flexibility index (Phi) is 5.33. The van der Waals surface area contributed by atoms with E-state index in [1.807, 2.05) is 4.90 Å². The van der Waals surface area contributed by atoms with Gasteiger partial charge in [0.15, 0.2) is 0 Å². The second-order valence-electron chi connectivity index (χ2n) is 6.98. The number of urea groups is 1. The molecule has 1 unspecified atom stereocenters. The summed E-state index contributed by atoms with van der Waals surface area (Å²) in [6, 6.07) is 2.07. The normalized spacial score (nSPS) is 21.7. The average Bonchev–Trinajstić information content (AvgIpc) is 3.04. The van der Waals surface area contributed by atoms with E-state index in [1.165, 1.54) is 25.5 Å². The Bertz CT molecular complexity index is 599. The van der Waals surface area contributed by atoms with Gasteiger partial charge in [0.1, 0.15) is 0 Å². The van der Waals surface area contributed by atoms with Crippen LogP contribution in [-0.2, 0) is 6.42 Å². The van der Waals surface area contributed by atoms with Crippen LogP contribution in [0.3, 0.4) is 0 Å². The van der Waals surface area contributed by atoms with Gasteiger partial charge in [0.25, 0.3) is 0 Å². The van der Waals surface area contributed by atoms with Crippen LogP contribution < -0.4 is 5.32 Å². The molecular formula is C18H25N3O3. The van der Waals surface area contributed by atoms with Gasteiger partial charge >= 0.3 is 12.0 Å². The molecule has 1 atom stereocenters. The lowest BCUT2D eigenvalue weighted by Crippen LogP contribution is -2.44. The van der Waals surface area contributed by atoms with Gasteiger partial charge in [-0.05, 0) is 43.2 Å². The first-order chi connectivity index (χ1) is 11.6. The fourth-order valence-corrected chi connectivity index (χ4v) is 3.75. The van der Waals surface area contributed by atoms with Crippen molar-refractivity contribution in [2.45, 2.75) is 51.0 Å². The minimum atomic E-state index is -0.954. The molecule has 1 aromatic heterocycles. The third-order valence-corrected chi connectivity index (χ3v) is 5.07. The summed E-state index contributed by atoms with van der Waals surface area (Å²) in [4.78, 5) is 29.3. The molecule has 2 fully saturated rings. The summed E-state index contributed by atoms with van der Waals surface area (Å²) in [5.41, 5.74) is 1.15. The molecule has 2 N–H and O–H groups in total. The summed E-state index contributed by atoms with van der Waals surface area (Å²) < 4.78 is 0. The Morgan fingerprint density at radius 1 is 1.21 bits per heavy atom. The molecule has 6 heteroatoms. The van der Waals surface area contributed by atoms with E-state index < -0.39 is 5.97 Å². The van der Waals surface area contributed by atoms with Crippen LogP contribution in [0.2, 0.25) is 0 Å². The molecule has 1 saturated heterocycles. The van der Waals surface area contributed by atoms with E-state index in [4.69, 9.17) is 5.11 Å². The summed E-state index contributed by atoms with van der Waals surface area (Å²) in [6.07, 6.45) is 10.7. The van der Waals surface area contributed by atoms with Crippen LogP contribution in [0.25, 0.3) is 0 Å². The highest BCUT2D eigenvalue weighted by atomic mass is 16.4. The lowest BCUT2D eigenvalue weighted by atomic mass is 9.96. The van der Waals surface area contributed by atoms with Crippen molar-refractivity contribution in [2.75, 3.05) is 13.1 Å². The van der Waals surface area contributed by atoms with E-state index in [9.17, 15) is 9.59 Å². The van der Waals surface area contributed by atoms with Crippen LogP contribution in [0.15, 0.2) is 18.5 Å². The largest absolute Gasteiger partial charge is 0.478 e. The van der Waals surface area contributed by atoms with Crippen LogP contribution in [0, 0.1) is 5.92 Å². The first kappa shape index (κ1) is 16.7. The Morgan fingerprint density at radius 3 is 2.75 bits per heavy atom. The third-order valence-electron chi connectivity index (χ3n) is 5.07. The van der Waals surface area contributed by atoms with Gasteiger partial charge in [-0.2, -0.15) is 0 Å². The van der Waals surface area contributed by atoms with E-state index in [1.54, 1.807) is 12.3 Å². The van der Waals surface area contributed by atoms with E-state index in [0.29, 0.717) is 12.0 Å². The molecule has 0 radical (unpaired) electrons. The second kappa shape index (κ2) is 7.64. The van der Waals surface area contributed by atoms with Crippen molar-refractivity contribution in [1.29, 1.82) is 0 Å². The Balaban J connectivity index is 1.50. The highest BCUT2D eigenvalue weighted by Gasteiger charge is 2.28. The Hall–Kier alpha value is -2.11. The number of likely N-dealkylation sites (tertiary alicyclic amines) is 1. The van der Waals surface area contributed by atoms with Gasteiger partial charge in [-0.15, -0.1) is 0 Å². The number of nitrogens with one attached hydrogen (secondary N) is 1. The van der Waals surface area contributed by atoms with E-state index in [2.05, 4.69) is 10.3 Å². The molecule has 130 valence electrons. The summed E-state index contributed by atoms with van der Waals surface area (Å²) in [6.45, 7) is 1.51. The maximum atomic E-state index is 12.4. The highest BCUT2D eigenvalue weighted by molar-refractivity contribution is 5.87. The fourth-order valence-electron chi connectivity index (χ4n) is 3.75. The molecular weight excluding hydrogens is 306 g/mol. The molecule has 2 amide bonds. The molecule has 1 aliphatic carbocycles. The van der Waals surface area contributed by atoms with Crippen molar-refractivity contribution in [3.63, 3.8) is 0 Å². The van der Waals surface area contributed by atoms with Crippen molar-refractivity contribution >= 4 is 12.0 Å². The van der Waals surface area contributed by atoms with Gasteiger partial charge in [0.2, 0.25) is 0 Å². The molecule has 6 nitrogen and oxygen atoms in total. The molecule has 1 aliphatic heterocycles. The number of carbonyl (C=O) groups excluding carboxylic acids is 1. The number of carbonyl (C=O) groups is 2. The summed E-state index contributed by atoms with van der Waals surface area (Å²) >= 11 is 0. The monoisotopic (exact) mass is 331 g/mol. The topological polar surface area (TPSA) is 82.5 Å². The standard InChI is InChI=1S/C18H25N3O3/c22-17(23)15-9-14(10-19-11-15)8-13-6-7-21(12-13)18(24)20-16-4-2-1-3-5-16/h9-11,13,16H,1-8,12H2,(H,20,24)(H,22,23). The van der Waals surface area contributed by atoms with Crippen LogP contribution in [0.4, 0.5) is 4.79 Å². The summed E-state index contributed by atoms with van der Waals surface area (Å²) in [5.74, 6) is -0.586. The van der Waals surface area contributed by atoms with Crippen LogP contribution >= 0.6 is 0 Å². The number of aromatic carboxylic acids is 1. The van der Waals surface area contributed by atoms with Crippen molar-refractivity contribution in [3.8, 4) is 0 Å². The minimum absolute atomic E-state index is 0.0572. The first-order valence-electron chi connectivity index (χ1n) is 8.84. The molecule has 2 aliphatic rings. The van der Waals surface area contributed by atoms with Gasteiger partial charge in [0.05, 0.1) is 5.56 Å². The minimum Gasteiger partial charge on any atom is -0.478 e. The third kappa shape index (κ3) is 4.24. The molecule has 0 spiro atoms. The van der Waals surface area contributed by atoms with Crippen LogP contribution in [0.5, 0.6) is 0 Å². The van der Waals surface area contributed by atoms with Crippen molar-refractivity contribution < 1.29 is 14.7 Å². The van der Waals surface area contributed by atoms with Crippen molar-refractivity contribution in [1.82, 2.24) is 15.2 Å². The number of carboxylic acid groups (broad SMARTS) is 1. The molecule has 1 saturated carbocycles. The Morgan fingerprint density at radius 2 is 2.00 bits per heavy atom. The summed E-state index contributed by atoms with van der Waals surface area (Å²) in [5, 5.41) is 12.2. The predicted molar refractivity (Wildman–Crippen MR) is 90.0 cm³/mol. The second-order valence-corrected chi connectivity index (χ2v) is 6.98.